The third-order valence-electron chi connectivity index (χ3n) is 2.61. The van der Waals surface area contributed by atoms with Gasteiger partial charge in [-0.1, -0.05) is 18.2 Å². The van der Waals surface area contributed by atoms with Crippen LogP contribution in [0.1, 0.15) is 5.56 Å². The highest BCUT2D eigenvalue weighted by molar-refractivity contribution is 9.10. The van der Waals surface area contributed by atoms with Crippen LogP contribution in [-0.2, 0) is 11.2 Å². The first kappa shape index (κ1) is 15.7. The third-order valence-corrected chi connectivity index (χ3v) is 5.31. The standard InChI is InChI=1S/C15H11Br2FOS/c16-12-3-1-2-4-15(12)20-9-11(19)7-10-5-6-14(18)13(17)8-10/h1-6,8H,7,9H2. The maximum Gasteiger partial charge on any atom is 0.147 e. The van der Waals surface area contributed by atoms with E-state index in [9.17, 15) is 9.18 Å². The number of rotatable bonds is 5. The number of halogens is 3. The Balaban J connectivity index is 1.93. The molecule has 5 heteroatoms. The Morgan fingerprint density at radius 2 is 1.85 bits per heavy atom. The molecule has 0 aliphatic heterocycles. The minimum atomic E-state index is -0.316. The zero-order valence-corrected chi connectivity index (χ0v) is 14.4. The summed E-state index contributed by atoms with van der Waals surface area (Å²) >= 11 is 8.07. The Morgan fingerprint density at radius 1 is 1.10 bits per heavy atom. The van der Waals surface area contributed by atoms with Gasteiger partial charge in [-0.3, -0.25) is 4.79 Å². The average Bonchev–Trinajstić information content (AvgIpc) is 2.42. The number of ketones is 1. The SMILES string of the molecule is O=C(CSc1ccccc1Br)Cc1ccc(F)c(Br)c1. The van der Waals surface area contributed by atoms with E-state index in [2.05, 4.69) is 31.9 Å². The van der Waals surface area contributed by atoms with E-state index in [-0.39, 0.29) is 11.6 Å². The molecule has 0 fully saturated rings. The van der Waals surface area contributed by atoms with Gasteiger partial charge in [-0.05, 0) is 61.7 Å². The van der Waals surface area contributed by atoms with Gasteiger partial charge in [0.2, 0.25) is 0 Å². The van der Waals surface area contributed by atoms with Gasteiger partial charge in [0, 0.05) is 15.8 Å². The Bertz CT molecular complexity index is 631. The van der Waals surface area contributed by atoms with Gasteiger partial charge in [-0.2, -0.15) is 0 Å². The Hall–Kier alpha value is -0.650. The number of carbonyl (C=O) groups excluding carboxylic acids is 1. The van der Waals surface area contributed by atoms with Gasteiger partial charge in [0.25, 0.3) is 0 Å². The van der Waals surface area contributed by atoms with Crippen LogP contribution in [0, 0.1) is 5.82 Å². The van der Waals surface area contributed by atoms with E-state index in [1.54, 1.807) is 12.1 Å². The van der Waals surface area contributed by atoms with Crippen LogP contribution in [0.25, 0.3) is 0 Å². The van der Waals surface area contributed by atoms with Gasteiger partial charge < -0.3 is 0 Å². The molecule has 104 valence electrons. The number of hydrogen-bond acceptors (Lipinski definition) is 2. The van der Waals surface area contributed by atoms with E-state index in [4.69, 9.17) is 0 Å². The lowest BCUT2D eigenvalue weighted by molar-refractivity contribution is -0.116. The molecule has 0 radical (unpaired) electrons. The Labute approximate surface area is 138 Å². The maximum absolute atomic E-state index is 13.1. The lowest BCUT2D eigenvalue weighted by Gasteiger charge is -2.04. The second kappa shape index (κ2) is 7.38. The number of benzene rings is 2. The van der Waals surface area contributed by atoms with Crippen molar-refractivity contribution >= 4 is 49.4 Å². The first-order valence-electron chi connectivity index (χ1n) is 5.89. The Kier molecular flexibility index (Phi) is 5.81. The predicted octanol–water partition coefficient (Wildman–Crippen LogP) is 5.25. The molecule has 20 heavy (non-hydrogen) atoms. The van der Waals surface area contributed by atoms with Crippen molar-refractivity contribution in [3.05, 3.63) is 62.8 Å². The van der Waals surface area contributed by atoms with E-state index in [0.29, 0.717) is 16.6 Å². The second-order valence-corrected chi connectivity index (χ2v) is 6.91. The van der Waals surface area contributed by atoms with Crippen molar-refractivity contribution in [3.8, 4) is 0 Å². The van der Waals surface area contributed by atoms with Gasteiger partial charge in [0.15, 0.2) is 0 Å². The third kappa shape index (κ3) is 4.43. The van der Waals surface area contributed by atoms with Crippen LogP contribution in [0.5, 0.6) is 0 Å². The Morgan fingerprint density at radius 3 is 2.55 bits per heavy atom. The molecule has 2 aromatic carbocycles. The molecule has 2 rings (SSSR count). The van der Waals surface area contributed by atoms with E-state index < -0.39 is 0 Å². The van der Waals surface area contributed by atoms with E-state index in [1.807, 2.05) is 24.3 Å². The van der Waals surface area contributed by atoms with Crippen molar-refractivity contribution in [2.24, 2.45) is 0 Å². The molecule has 2 aromatic rings. The zero-order chi connectivity index (χ0) is 14.5. The lowest BCUT2D eigenvalue weighted by Crippen LogP contribution is -2.05. The highest BCUT2D eigenvalue weighted by Crippen LogP contribution is 2.27. The van der Waals surface area contributed by atoms with Crippen molar-refractivity contribution in [1.29, 1.82) is 0 Å². The molecule has 0 saturated heterocycles. The molecule has 0 aliphatic rings. The highest BCUT2D eigenvalue weighted by atomic mass is 79.9. The summed E-state index contributed by atoms with van der Waals surface area (Å²) in [7, 11) is 0. The van der Waals surface area contributed by atoms with Gasteiger partial charge in [0.05, 0.1) is 10.2 Å². The summed E-state index contributed by atoms with van der Waals surface area (Å²) in [5.41, 5.74) is 0.816. The fourth-order valence-corrected chi connectivity index (χ4v) is 3.50. The smallest absolute Gasteiger partial charge is 0.147 e. The number of Topliss-reactive ketones (excluding diaryl/α,β-unsaturated/α-hetero) is 1. The van der Waals surface area contributed by atoms with Crippen LogP contribution in [-0.4, -0.2) is 11.5 Å². The average molecular weight is 418 g/mol. The van der Waals surface area contributed by atoms with Gasteiger partial charge >= 0.3 is 0 Å². The monoisotopic (exact) mass is 416 g/mol. The molecule has 0 N–H and O–H groups in total. The molecule has 0 saturated carbocycles. The van der Waals surface area contributed by atoms with Crippen LogP contribution in [0.4, 0.5) is 4.39 Å². The highest BCUT2D eigenvalue weighted by Gasteiger charge is 2.08. The first-order chi connectivity index (χ1) is 9.56. The summed E-state index contributed by atoms with van der Waals surface area (Å²) in [5.74, 6) is 0.200. The normalized spacial score (nSPS) is 10.6. The van der Waals surface area contributed by atoms with Crippen LogP contribution in [0.3, 0.4) is 0 Å². The minimum absolute atomic E-state index is 0.115. The van der Waals surface area contributed by atoms with Gasteiger partial charge in [-0.25, -0.2) is 4.39 Å². The topological polar surface area (TPSA) is 17.1 Å². The minimum Gasteiger partial charge on any atom is -0.298 e. The molecule has 0 amide bonds. The van der Waals surface area contributed by atoms with Crippen molar-refractivity contribution in [2.45, 2.75) is 11.3 Å². The number of hydrogen-bond donors (Lipinski definition) is 0. The molecule has 1 nitrogen and oxygen atoms in total. The van der Waals surface area contributed by atoms with Crippen LogP contribution < -0.4 is 0 Å². The summed E-state index contributed by atoms with van der Waals surface area (Å²) < 4.78 is 14.5. The molecule has 0 atom stereocenters. The van der Waals surface area contributed by atoms with Crippen LogP contribution >= 0.6 is 43.6 Å². The zero-order valence-electron chi connectivity index (χ0n) is 10.4. The largest absolute Gasteiger partial charge is 0.298 e. The van der Waals surface area contributed by atoms with Crippen molar-refractivity contribution in [1.82, 2.24) is 0 Å². The summed E-state index contributed by atoms with van der Waals surface area (Å²) in [6.07, 6.45) is 0.316. The molecular weight excluding hydrogens is 407 g/mol. The lowest BCUT2D eigenvalue weighted by atomic mass is 10.1. The van der Waals surface area contributed by atoms with E-state index in [1.165, 1.54) is 17.8 Å². The fraction of sp³-hybridized carbons (Fsp3) is 0.133. The van der Waals surface area contributed by atoms with Crippen molar-refractivity contribution in [2.75, 3.05) is 5.75 Å². The summed E-state index contributed by atoms with van der Waals surface area (Å²) in [4.78, 5) is 13.0. The number of thioether (sulfide) groups is 1. The number of carbonyl (C=O) groups is 1. The van der Waals surface area contributed by atoms with E-state index >= 15 is 0 Å². The molecule has 0 aliphatic carbocycles. The molecular formula is C15H11Br2FOS. The maximum atomic E-state index is 13.1. The molecule has 0 spiro atoms. The summed E-state index contributed by atoms with van der Waals surface area (Å²) in [5, 5.41) is 0. The molecule has 0 unspecified atom stereocenters. The molecule has 0 bridgehead atoms. The van der Waals surface area contributed by atoms with Crippen molar-refractivity contribution < 1.29 is 9.18 Å². The predicted molar refractivity (Wildman–Crippen MR) is 87.7 cm³/mol. The van der Waals surface area contributed by atoms with Crippen molar-refractivity contribution in [3.63, 3.8) is 0 Å². The van der Waals surface area contributed by atoms with Gasteiger partial charge in [0.1, 0.15) is 11.6 Å². The second-order valence-electron chi connectivity index (χ2n) is 4.18. The summed E-state index contributed by atoms with van der Waals surface area (Å²) in [6.45, 7) is 0. The quantitative estimate of drug-likeness (QED) is 0.617. The molecule has 0 aromatic heterocycles. The fourth-order valence-electron chi connectivity index (χ4n) is 1.65. The van der Waals surface area contributed by atoms with Gasteiger partial charge in [-0.15, -0.1) is 11.8 Å². The van der Waals surface area contributed by atoms with E-state index in [0.717, 1.165) is 14.9 Å². The first-order valence-corrected chi connectivity index (χ1v) is 8.46. The van der Waals surface area contributed by atoms with Crippen LogP contribution in [0.15, 0.2) is 56.3 Å². The summed E-state index contributed by atoms with van der Waals surface area (Å²) in [6, 6.07) is 12.5. The molecule has 0 heterocycles. The van der Waals surface area contributed by atoms with Crippen LogP contribution in [0.2, 0.25) is 0 Å².